The summed E-state index contributed by atoms with van der Waals surface area (Å²) in [6.07, 6.45) is 0. The van der Waals surface area contributed by atoms with Gasteiger partial charge in [0.05, 0.1) is 25.8 Å². The number of benzene rings is 1. The van der Waals surface area contributed by atoms with Crippen molar-refractivity contribution < 1.29 is 9.84 Å². The van der Waals surface area contributed by atoms with Crippen LogP contribution in [0.3, 0.4) is 0 Å². The van der Waals surface area contributed by atoms with Crippen molar-refractivity contribution in [3.63, 3.8) is 0 Å². The lowest BCUT2D eigenvalue weighted by molar-refractivity contribution is 0.281. The second-order valence-electron chi connectivity index (χ2n) is 2.88. The number of methoxy groups -OCH3 is 1. The van der Waals surface area contributed by atoms with E-state index in [1.54, 1.807) is 25.3 Å². The Kier molecular flexibility index (Phi) is 4.74. The summed E-state index contributed by atoms with van der Waals surface area (Å²) in [6, 6.07) is 5.24. The molecular formula is C11H11N3O2. The van der Waals surface area contributed by atoms with E-state index in [0.717, 1.165) is 5.56 Å². The molecular weight excluding hydrogens is 206 g/mol. The maximum atomic E-state index is 8.98. The van der Waals surface area contributed by atoms with E-state index in [9.17, 15) is 0 Å². The summed E-state index contributed by atoms with van der Waals surface area (Å²) < 4.78 is 5.11. The van der Waals surface area contributed by atoms with Crippen LogP contribution >= 0.6 is 0 Å². The minimum absolute atomic E-state index is 0.0466. The van der Waals surface area contributed by atoms with Crippen LogP contribution in [0, 0.1) is 11.8 Å². The minimum Gasteiger partial charge on any atom is -0.495 e. The molecule has 82 valence electrons. The van der Waals surface area contributed by atoms with Crippen LogP contribution < -0.4 is 4.74 Å². The Hall–Kier alpha value is -2.15. The Morgan fingerprint density at radius 3 is 3.00 bits per heavy atom. The van der Waals surface area contributed by atoms with Crippen molar-refractivity contribution in [1.82, 2.24) is 0 Å². The molecule has 5 nitrogen and oxygen atoms in total. The van der Waals surface area contributed by atoms with Crippen molar-refractivity contribution in [2.24, 2.45) is 5.11 Å². The van der Waals surface area contributed by atoms with Crippen molar-refractivity contribution >= 4 is 0 Å². The van der Waals surface area contributed by atoms with E-state index in [4.69, 9.17) is 15.4 Å². The predicted molar refractivity (Wildman–Crippen MR) is 59.8 cm³/mol. The molecule has 1 rings (SSSR count). The van der Waals surface area contributed by atoms with E-state index in [-0.39, 0.29) is 13.2 Å². The number of hydrogen-bond acceptors (Lipinski definition) is 3. The normalized spacial score (nSPS) is 8.62. The van der Waals surface area contributed by atoms with E-state index >= 15 is 0 Å². The Bertz CT molecular complexity index is 468. The van der Waals surface area contributed by atoms with Crippen molar-refractivity contribution in [1.29, 1.82) is 0 Å². The lowest BCUT2D eigenvalue weighted by atomic mass is 10.1. The maximum Gasteiger partial charge on any atom is 0.134 e. The van der Waals surface area contributed by atoms with Crippen molar-refractivity contribution in [3.05, 3.63) is 39.8 Å². The van der Waals surface area contributed by atoms with Crippen molar-refractivity contribution in [2.45, 2.75) is 6.61 Å². The summed E-state index contributed by atoms with van der Waals surface area (Å²) in [6.45, 7) is 0.0675. The number of hydrogen-bond donors (Lipinski definition) is 1. The first kappa shape index (κ1) is 11.9. The Labute approximate surface area is 93.3 Å². The largest absolute Gasteiger partial charge is 0.495 e. The molecule has 1 aromatic carbocycles. The van der Waals surface area contributed by atoms with E-state index in [1.165, 1.54) is 0 Å². The van der Waals surface area contributed by atoms with Gasteiger partial charge in [0.2, 0.25) is 0 Å². The first-order valence-electron chi connectivity index (χ1n) is 4.59. The fourth-order valence-corrected chi connectivity index (χ4v) is 1.15. The van der Waals surface area contributed by atoms with Gasteiger partial charge in [-0.3, -0.25) is 0 Å². The lowest BCUT2D eigenvalue weighted by Gasteiger charge is -2.04. The standard InChI is InChI=1S/C11H11N3O2/c1-16-11-5-4-9(8-15)7-10(11)3-2-6-13-14-12/h4-5,7,15H,6,8H2,1H3. The minimum atomic E-state index is -0.0466. The molecule has 1 N–H and O–H groups in total. The molecule has 0 spiro atoms. The molecule has 0 bridgehead atoms. The molecule has 0 aliphatic heterocycles. The molecule has 0 unspecified atom stereocenters. The van der Waals surface area contributed by atoms with Crippen LogP contribution in [-0.4, -0.2) is 18.8 Å². The molecule has 0 aromatic heterocycles. The van der Waals surface area contributed by atoms with Gasteiger partial charge >= 0.3 is 0 Å². The summed E-state index contributed by atoms with van der Waals surface area (Å²) in [5, 5.41) is 12.3. The molecule has 0 saturated carbocycles. The molecule has 1 aromatic rings. The van der Waals surface area contributed by atoms with E-state index < -0.39 is 0 Å². The molecule has 0 aliphatic carbocycles. The van der Waals surface area contributed by atoms with Gasteiger partial charge < -0.3 is 9.84 Å². The Morgan fingerprint density at radius 2 is 2.38 bits per heavy atom. The van der Waals surface area contributed by atoms with E-state index in [0.29, 0.717) is 11.3 Å². The molecule has 0 aliphatic rings. The number of aliphatic hydroxyl groups is 1. The van der Waals surface area contributed by atoms with Crippen LogP contribution in [0.15, 0.2) is 23.3 Å². The third kappa shape index (κ3) is 3.21. The molecule has 0 radical (unpaired) electrons. The van der Waals surface area contributed by atoms with Crippen LogP contribution in [-0.2, 0) is 6.61 Å². The van der Waals surface area contributed by atoms with Gasteiger partial charge in [0, 0.05) is 4.91 Å². The highest BCUT2D eigenvalue weighted by atomic mass is 16.5. The van der Waals surface area contributed by atoms with Crippen LogP contribution in [0.2, 0.25) is 0 Å². The summed E-state index contributed by atoms with van der Waals surface area (Å²) >= 11 is 0. The second-order valence-corrected chi connectivity index (χ2v) is 2.88. The molecule has 16 heavy (non-hydrogen) atoms. The second kappa shape index (κ2) is 6.36. The zero-order chi connectivity index (χ0) is 11.8. The van der Waals surface area contributed by atoms with Crippen LogP contribution in [0.5, 0.6) is 5.75 Å². The number of rotatable bonds is 3. The molecule has 5 heteroatoms. The zero-order valence-electron chi connectivity index (χ0n) is 8.84. The Balaban J connectivity index is 2.97. The summed E-state index contributed by atoms with van der Waals surface area (Å²) in [4.78, 5) is 2.59. The molecule has 0 fully saturated rings. The van der Waals surface area contributed by atoms with Gasteiger partial charge in [-0.25, -0.2) is 0 Å². The summed E-state index contributed by atoms with van der Waals surface area (Å²) in [5.41, 5.74) is 9.51. The zero-order valence-corrected chi connectivity index (χ0v) is 8.84. The van der Waals surface area contributed by atoms with Gasteiger partial charge in [0.15, 0.2) is 0 Å². The van der Waals surface area contributed by atoms with Gasteiger partial charge in [-0.1, -0.05) is 23.0 Å². The van der Waals surface area contributed by atoms with Crippen LogP contribution in [0.25, 0.3) is 10.4 Å². The van der Waals surface area contributed by atoms with Crippen LogP contribution in [0.1, 0.15) is 11.1 Å². The molecule has 0 heterocycles. The SMILES string of the molecule is COc1ccc(CO)cc1C#CCN=[N+]=[N-]. The van der Waals surface area contributed by atoms with Gasteiger partial charge in [-0.2, -0.15) is 0 Å². The first-order chi connectivity index (χ1) is 7.81. The lowest BCUT2D eigenvalue weighted by Crippen LogP contribution is -1.91. The fourth-order valence-electron chi connectivity index (χ4n) is 1.15. The maximum absolute atomic E-state index is 8.98. The fraction of sp³-hybridized carbons (Fsp3) is 0.273. The predicted octanol–water partition coefficient (Wildman–Crippen LogP) is 1.85. The van der Waals surface area contributed by atoms with E-state index in [1.807, 2.05) is 0 Å². The van der Waals surface area contributed by atoms with E-state index in [2.05, 4.69) is 21.9 Å². The van der Waals surface area contributed by atoms with Crippen molar-refractivity contribution in [2.75, 3.05) is 13.7 Å². The Morgan fingerprint density at radius 1 is 1.56 bits per heavy atom. The first-order valence-corrected chi connectivity index (χ1v) is 4.59. The van der Waals surface area contributed by atoms with Gasteiger partial charge in [-0.05, 0) is 23.2 Å². The monoisotopic (exact) mass is 217 g/mol. The van der Waals surface area contributed by atoms with Gasteiger partial charge in [0.1, 0.15) is 5.75 Å². The summed E-state index contributed by atoms with van der Waals surface area (Å²) in [5.74, 6) is 6.15. The topological polar surface area (TPSA) is 78.2 Å². The van der Waals surface area contributed by atoms with Crippen molar-refractivity contribution in [3.8, 4) is 17.6 Å². The number of azide groups is 1. The molecule has 0 atom stereocenters. The highest BCUT2D eigenvalue weighted by Crippen LogP contribution is 2.18. The highest BCUT2D eigenvalue weighted by Gasteiger charge is 2.00. The van der Waals surface area contributed by atoms with Gasteiger partial charge in [-0.15, -0.1) is 0 Å². The molecule has 0 saturated heterocycles. The number of ether oxygens (including phenoxy) is 1. The summed E-state index contributed by atoms with van der Waals surface area (Å²) in [7, 11) is 1.55. The third-order valence-electron chi connectivity index (χ3n) is 1.88. The quantitative estimate of drug-likeness (QED) is 0.363. The van der Waals surface area contributed by atoms with Gasteiger partial charge in [0.25, 0.3) is 0 Å². The number of aliphatic hydroxyl groups excluding tert-OH is 1. The molecule has 0 amide bonds. The third-order valence-corrected chi connectivity index (χ3v) is 1.88. The average Bonchev–Trinajstić information content (AvgIpc) is 2.34. The van der Waals surface area contributed by atoms with Crippen LogP contribution in [0.4, 0.5) is 0 Å². The smallest absolute Gasteiger partial charge is 0.134 e. The average molecular weight is 217 g/mol. The number of nitrogens with zero attached hydrogens (tertiary/aromatic N) is 3. The highest BCUT2D eigenvalue weighted by molar-refractivity contribution is 5.48.